The average Bonchev–Trinajstić information content (AvgIpc) is 3.19. The van der Waals surface area contributed by atoms with Crippen LogP contribution in [0.25, 0.3) is 0 Å². The molecule has 152 valence electrons. The van der Waals surface area contributed by atoms with Crippen molar-refractivity contribution < 1.29 is 13.9 Å². The predicted octanol–water partition coefficient (Wildman–Crippen LogP) is 6.49. The second kappa shape index (κ2) is 7.60. The van der Waals surface area contributed by atoms with Crippen molar-refractivity contribution in [2.24, 2.45) is 5.10 Å². The molecule has 0 bridgehead atoms. The van der Waals surface area contributed by atoms with Gasteiger partial charge in [0.25, 0.3) is 0 Å². The maximum atomic E-state index is 13.4. The highest BCUT2D eigenvalue weighted by atomic mass is 79.9. The minimum absolute atomic E-state index is 0.0545. The van der Waals surface area contributed by atoms with E-state index in [9.17, 15) is 4.39 Å². The fourth-order valence-corrected chi connectivity index (χ4v) is 4.54. The number of fused-ring (bicyclic) bond motifs is 3. The van der Waals surface area contributed by atoms with E-state index in [1.54, 1.807) is 19.2 Å². The first kappa shape index (κ1) is 19.4. The topological polar surface area (TPSA) is 34.1 Å². The van der Waals surface area contributed by atoms with Gasteiger partial charge < -0.3 is 9.47 Å². The zero-order chi connectivity index (χ0) is 20.8. The maximum Gasteiger partial charge on any atom is 0.217 e. The Morgan fingerprint density at radius 2 is 1.90 bits per heavy atom. The Morgan fingerprint density at radius 1 is 1.10 bits per heavy atom. The quantitative estimate of drug-likeness (QED) is 0.423. The Balaban J connectivity index is 1.64. The van der Waals surface area contributed by atoms with E-state index in [0.29, 0.717) is 17.2 Å². The first-order chi connectivity index (χ1) is 14.5. The molecule has 2 aliphatic heterocycles. The second-order valence-electron chi connectivity index (χ2n) is 7.19. The number of rotatable bonds is 3. The summed E-state index contributed by atoms with van der Waals surface area (Å²) in [4.78, 5) is 0. The molecule has 0 unspecified atom stereocenters. The van der Waals surface area contributed by atoms with Crippen LogP contribution in [0.2, 0.25) is 5.02 Å². The van der Waals surface area contributed by atoms with E-state index >= 15 is 0 Å². The summed E-state index contributed by atoms with van der Waals surface area (Å²) in [6.07, 6.45) is 0.184. The lowest BCUT2D eigenvalue weighted by Gasteiger charge is -2.38. The maximum absolute atomic E-state index is 13.4. The van der Waals surface area contributed by atoms with E-state index in [0.717, 1.165) is 32.6 Å². The summed E-state index contributed by atoms with van der Waals surface area (Å²) < 4.78 is 26.3. The Labute approximate surface area is 187 Å². The largest absolute Gasteiger partial charge is 0.496 e. The summed E-state index contributed by atoms with van der Waals surface area (Å²) in [6.45, 7) is 0. The van der Waals surface area contributed by atoms with Crippen LogP contribution in [0.1, 0.15) is 35.4 Å². The van der Waals surface area contributed by atoms with Gasteiger partial charge in [-0.1, -0.05) is 39.7 Å². The molecule has 0 radical (unpaired) electrons. The fraction of sp³-hybridized carbons (Fsp3) is 0.174. The minimum Gasteiger partial charge on any atom is -0.496 e. The van der Waals surface area contributed by atoms with Crippen molar-refractivity contribution in [3.8, 4) is 11.5 Å². The first-order valence-electron chi connectivity index (χ1n) is 9.45. The molecular formula is C23H17BrClFN2O2. The number of hydrogen-bond donors (Lipinski definition) is 0. The van der Waals surface area contributed by atoms with Gasteiger partial charge in [-0.15, -0.1) is 0 Å². The van der Waals surface area contributed by atoms with E-state index in [1.165, 1.54) is 12.1 Å². The van der Waals surface area contributed by atoms with Crippen LogP contribution in [-0.2, 0) is 0 Å². The highest BCUT2D eigenvalue weighted by Gasteiger charge is 2.42. The van der Waals surface area contributed by atoms with Crippen molar-refractivity contribution >= 4 is 33.2 Å². The third-order valence-electron chi connectivity index (χ3n) is 5.39. The lowest BCUT2D eigenvalue weighted by Crippen LogP contribution is -2.34. The Kier molecular flexibility index (Phi) is 4.91. The second-order valence-corrected chi connectivity index (χ2v) is 8.54. The van der Waals surface area contributed by atoms with Gasteiger partial charge in [-0.25, -0.2) is 9.40 Å². The lowest BCUT2D eigenvalue weighted by molar-refractivity contribution is -0.0203. The van der Waals surface area contributed by atoms with E-state index in [4.69, 9.17) is 26.2 Å². The van der Waals surface area contributed by atoms with Crippen LogP contribution in [0.5, 0.6) is 11.5 Å². The zero-order valence-electron chi connectivity index (χ0n) is 16.0. The van der Waals surface area contributed by atoms with Crippen LogP contribution in [0.15, 0.2) is 70.2 Å². The molecule has 0 aliphatic carbocycles. The summed E-state index contributed by atoms with van der Waals surface area (Å²) in [6, 6.07) is 17.8. The molecule has 5 rings (SSSR count). The predicted molar refractivity (Wildman–Crippen MR) is 118 cm³/mol. The normalized spacial score (nSPS) is 19.6. The molecule has 0 aromatic heterocycles. The van der Waals surface area contributed by atoms with E-state index in [1.807, 2.05) is 41.4 Å². The molecule has 7 heteroatoms. The number of halogens is 3. The molecule has 2 aliphatic rings. The average molecular weight is 488 g/mol. The zero-order valence-corrected chi connectivity index (χ0v) is 18.3. The molecule has 0 spiro atoms. The molecule has 0 N–H and O–H groups in total. The summed E-state index contributed by atoms with van der Waals surface area (Å²) in [5, 5.41) is 7.48. The molecule has 2 heterocycles. The Hall–Kier alpha value is -2.57. The third kappa shape index (κ3) is 3.34. The highest BCUT2D eigenvalue weighted by molar-refractivity contribution is 9.10. The molecule has 0 saturated carbocycles. The van der Waals surface area contributed by atoms with Gasteiger partial charge in [0.05, 0.1) is 24.4 Å². The van der Waals surface area contributed by atoms with Crippen LogP contribution in [0.3, 0.4) is 0 Å². The smallest absolute Gasteiger partial charge is 0.217 e. The van der Waals surface area contributed by atoms with Crippen LogP contribution in [-0.4, -0.2) is 17.8 Å². The highest BCUT2D eigenvalue weighted by Crippen LogP contribution is 2.49. The van der Waals surface area contributed by atoms with E-state index in [2.05, 4.69) is 15.9 Å². The van der Waals surface area contributed by atoms with Crippen molar-refractivity contribution in [1.82, 2.24) is 5.01 Å². The van der Waals surface area contributed by atoms with Gasteiger partial charge in [-0.3, -0.25) is 0 Å². The van der Waals surface area contributed by atoms with Crippen LogP contribution in [0, 0.1) is 5.82 Å². The summed E-state index contributed by atoms with van der Waals surface area (Å²) >= 11 is 9.82. The van der Waals surface area contributed by atoms with Crippen molar-refractivity contribution in [1.29, 1.82) is 0 Å². The van der Waals surface area contributed by atoms with E-state index < -0.39 is 6.23 Å². The van der Waals surface area contributed by atoms with Gasteiger partial charge in [0.15, 0.2) is 0 Å². The third-order valence-corrected chi connectivity index (χ3v) is 6.12. The standard InChI is InChI=1S/C23H17BrClFN2O2/c1-29-21-8-4-14(24)10-18(21)23-28-20(17-11-15(25)5-9-22(17)30-23)12-19(27-28)13-2-6-16(26)7-3-13/h2-11,20,23H,12H2,1H3/t20-,23+/m1/s1. The minimum atomic E-state index is -0.478. The van der Waals surface area contributed by atoms with Gasteiger partial charge >= 0.3 is 0 Å². The SMILES string of the molecule is COc1ccc(Br)cc1[C@@H]1Oc2ccc(Cl)cc2[C@H]2CC(c3ccc(F)cc3)=NN21. The number of hydrogen-bond acceptors (Lipinski definition) is 4. The number of methoxy groups -OCH3 is 1. The van der Waals surface area contributed by atoms with Gasteiger partial charge in [-0.05, 0) is 54.1 Å². The van der Waals surface area contributed by atoms with Gasteiger partial charge in [0.1, 0.15) is 17.3 Å². The van der Waals surface area contributed by atoms with Crippen molar-refractivity contribution in [3.63, 3.8) is 0 Å². The first-order valence-corrected chi connectivity index (χ1v) is 10.6. The molecule has 3 aromatic rings. The molecule has 0 amide bonds. The van der Waals surface area contributed by atoms with Gasteiger partial charge in [0, 0.05) is 21.5 Å². The summed E-state index contributed by atoms with van der Waals surface area (Å²) in [5.41, 5.74) is 3.60. The Bertz CT molecular complexity index is 1150. The summed E-state index contributed by atoms with van der Waals surface area (Å²) in [7, 11) is 1.64. The van der Waals surface area contributed by atoms with Crippen molar-refractivity contribution in [2.75, 3.05) is 7.11 Å². The van der Waals surface area contributed by atoms with Crippen molar-refractivity contribution in [3.05, 3.63) is 92.7 Å². The van der Waals surface area contributed by atoms with Crippen LogP contribution in [0.4, 0.5) is 4.39 Å². The van der Waals surface area contributed by atoms with Crippen LogP contribution >= 0.6 is 27.5 Å². The lowest BCUT2D eigenvalue weighted by atomic mass is 9.96. The molecule has 0 saturated heterocycles. The fourth-order valence-electron chi connectivity index (χ4n) is 3.98. The van der Waals surface area contributed by atoms with Crippen molar-refractivity contribution in [2.45, 2.75) is 18.7 Å². The monoisotopic (exact) mass is 486 g/mol. The molecule has 4 nitrogen and oxygen atoms in total. The molecule has 2 atom stereocenters. The number of hydrazone groups is 1. The number of benzene rings is 3. The molecule has 3 aromatic carbocycles. The van der Waals surface area contributed by atoms with E-state index in [-0.39, 0.29) is 11.9 Å². The number of ether oxygens (including phenoxy) is 2. The Morgan fingerprint density at radius 3 is 2.67 bits per heavy atom. The molecule has 0 fully saturated rings. The molecular weight excluding hydrogens is 471 g/mol. The van der Waals surface area contributed by atoms with Gasteiger partial charge in [0.2, 0.25) is 6.23 Å². The van der Waals surface area contributed by atoms with Gasteiger partial charge in [-0.2, -0.15) is 5.10 Å². The summed E-state index contributed by atoms with van der Waals surface area (Å²) in [5.74, 6) is 1.21. The van der Waals surface area contributed by atoms with Crippen LogP contribution < -0.4 is 9.47 Å². The molecule has 30 heavy (non-hydrogen) atoms. The number of nitrogens with zero attached hydrogens (tertiary/aromatic N) is 2.